The molecule has 0 bridgehead atoms. The number of nitrogens with two attached hydrogens (primary N) is 1. The smallest absolute Gasteiger partial charge is 0.172 e. The fraction of sp³-hybridized carbons (Fsp3) is 0.533. The molecule has 5 nitrogen and oxygen atoms in total. The van der Waals surface area contributed by atoms with Gasteiger partial charge in [0, 0.05) is 35.4 Å². The zero-order valence-electron chi connectivity index (χ0n) is 12.6. The molecule has 1 aliphatic heterocycles. The predicted molar refractivity (Wildman–Crippen MR) is 87.5 cm³/mol. The van der Waals surface area contributed by atoms with Crippen molar-refractivity contribution >= 4 is 23.1 Å². The second-order valence-corrected chi connectivity index (χ2v) is 5.69. The van der Waals surface area contributed by atoms with E-state index in [0.717, 1.165) is 43.9 Å². The highest BCUT2D eigenvalue weighted by Gasteiger charge is 2.28. The maximum Gasteiger partial charge on any atom is 0.172 e. The molecule has 0 aliphatic carbocycles. The Morgan fingerprint density at radius 3 is 2.81 bits per heavy atom. The summed E-state index contributed by atoms with van der Waals surface area (Å²) in [6, 6.07) is 5.99. The van der Waals surface area contributed by atoms with Gasteiger partial charge in [-0.3, -0.25) is 4.90 Å². The van der Waals surface area contributed by atoms with Crippen molar-refractivity contribution in [3.05, 3.63) is 28.8 Å². The van der Waals surface area contributed by atoms with Crippen molar-refractivity contribution < 1.29 is 5.21 Å². The van der Waals surface area contributed by atoms with Crippen LogP contribution in [0, 0.1) is 0 Å². The van der Waals surface area contributed by atoms with Gasteiger partial charge in [0.2, 0.25) is 0 Å². The lowest BCUT2D eigenvalue weighted by molar-refractivity contribution is 0.232. The third kappa shape index (κ3) is 3.41. The van der Waals surface area contributed by atoms with Crippen molar-refractivity contribution in [2.45, 2.75) is 26.3 Å². The first-order chi connectivity index (χ1) is 10.1. The molecular formula is C15H23ClN4O. The fourth-order valence-electron chi connectivity index (χ4n) is 3.04. The third-order valence-corrected chi connectivity index (χ3v) is 4.41. The first-order valence-electron chi connectivity index (χ1n) is 7.37. The lowest BCUT2D eigenvalue weighted by Gasteiger charge is -2.27. The van der Waals surface area contributed by atoms with Gasteiger partial charge in [0.25, 0.3) is 0 Å². The van der Waals surface area contributed by atoms with Crippen molar-refractivity contribution in [2.75, 3.05) is 31.1 Å². The number of anilines is 1. The highest BCUT2D eigenvalue weighted by molar-refractivity contribution is 6.31. The Balaban J connectivity index is 2.25. The summed E-state index contributed by atoms with van der Waals surface area (Å²) < 4.78 is 0. The summed E-state index contributed by atoms with van der Waals surface area (Å²) >= 11 is 6.12. The Morgan fingerprint density at radius 2 is 2.19 bits per heavy atom. The van der Waals surface area contributed by atoms with Crippen molar-refractivity contribution in [1.29, 1.82) is 0 Å². The molecule has 1 saturated heterocycles. The van der Waals surface area contributed by atoms with Crippen LogP contribution in [0.15, 0.2) is 23.4 Å². The number of hydrogen-bond donors (Lipinski definition) is 2. The molecule has 116 valence electrons. The topological polar surface area (TPSA) is 65.1 Å². The maximum atomic E-state index is 8.94. The summed E-state index contributed by atoms with van der Waals surface area (Å²) in [4.78, 5) is 4.73. The molecule has 1 fully saturated rings. The number of halogens is 1. The zero-order chi connectivity index (χ0) is 15.4. The number of likely N-dealkylation sites (N-methyl/N-ethyl adjacent to an activating group) is 1. The van der Waals surface area contributed by atoms with Gasteiger partial charge in [0.05, 0.1) is 0 Å². The van der Waals surface area contributed by atoms with Crippen molar-refractivity contribution in [3.8, 4) is 0 Å². The molecule has 2 rings (SSSR count). The van der Waals surface area contributed by atoms with Crippen LogP contribution < -0.4 is 10.6 Å². The minimum Gasteiger partial charge on any atom is -0.409 e. The molecule has 1 heterocycles. The Hall–Kier alpha value is -1.46. The van der Waals surface area contributed by atoms with Crippen molar-refractivity contribution in [2.24, 2.45) is 10.9 Å². The second kappa shape index (κ2) is 7.00. The van der Waals surface area contributed by atoms with Crippen LogP contribution in [0.1, 0.15) is 25.8 Å². The molecule has 21 heavy (non-hydrogen) atoms. The molecule has 0 aromatic heterocycles. The Labute approximate surface area is 131 Å². The number of rotatable bonds is 5. The van der Waals surface area contributed by atoms with Gasteiger partial charge in [-0.1, -0.05) is 30.6 Å². The normalized spacial score (nSPS) is 19.5. The van der Waals surface area contributed by atoms with Gasteiger partial charge in [-0.25, -0.2) is 0 Å². The van der Waals surface area contributed by atoms with Crippen LogP contribution in [0.4, 0.5) is 5.69 Å². The van der Waals surface area contributed by atoms with Gasteiger partial charge < -0.3 is 15.8 Å². The largest absolute Gasteiger partial charge is 0.409 e. The molecule has 0 amide bonds. The summed E-state index contributed by atoms with van der Waals surface area (Å²) in [5.41, 5.74) is 7.44. The van der Waals surface area contributed by atoms with Crippen LogP contribution in [0.2, 0.25) is 5.02 Å². The molecular weight excluding hydrogens is 288 g/mol. The number of amidine groups is 1. The van der Waals surface area contributed by atoms with Gasteiger partial charge in [0.1, 0.15) is 0 Å². The van der Waals surface area contributed by atoms with E-state index >= 15 is 0 Å². The molecule has 6 heteroatoms. The summed E-state index contributed by atoms with van der Waals surface area (Å²) in [6.45, 7) is 8.37. The molecule has 3 N–H and O–H groups in total. The number of hydrogen-bond acceptors (Lipinski definition) is 4. The van der Waals surface area contributed by atoms with Crippen LogP contribution >= 0.6 is 11.6 Å². The van der Waals surface area contributed by atoms with Crippen LogP contribution in [-0.4, -0.2) is 48.2 Å². The van der Waals surface area contributed by atoms with Gasteiger partial charge in [-0.05, 0) is 37.7 Å². The predicted octanol–water partition coefficient (Wildman–Crippen LogP) is 2.36. The van der Waals surface area contributed by atoms with E-state index in [4.69, 9.17) is 22.5 Å². The van der Waals surface area contributed by atoms with Crippen LogP contribution in [0.3, 0.4) is 0 Å². The summed E-state index contributed by atoms with van der Waals surface area (Å²) in [6.07, 6.45) is 1.11. The van der Waals surface area contributed by atoms with E-state index in [1.54, 1.807) is 12.1 Å². The van der Waals surface area contributed by atoms with Crippen LogP contribution in [-0.2, 0) is 0 Å². The Kier molecular flexibility index (Phi) is 5.31. The summed E-state index contributed by atoms with van der Waals surface area (Å²) in [5, 5.41) is 12.7. The second-order valence-electron chi connectivity index (χ2n) is 5.26. The molecule has 0 spiro atoms. The lowest BCUT2D eigenvalue weighted by atomic mass is 10.1. The van der Waals surface area contributed by atoms with Crippen LogP contribution in [0.25, 0.3) is 0 Å². The number of oxime groups is 1. The number of nitrogens with zero attached hydrogens (tertiary/aromatic N) is 3. The summed E-state index contributed by atoms with van der Waals surface area (Å²) in [7, 11) is 0. The minimum absolute atomic E-state index is 0.118. The van der Waals surface area contributed by atoms with E-state index in [1.165, 1.54) is 0 Å². The highest BCUT2D eigenvalue weighted by Crippen LogP contribution is 2.29. The quantitative estimate of drug-likeness (QED) is 0.379. The molecule has 1 unspecified atom stereocenters. The van der Waals surface area contributed by atoms with Gasteiger partial charge in [-0.15, -0.1) is 0 Å². The van der Waals surface area contributed by atoms with E-state index in [1.807, 2.05) is 6.07 Å². The van der Waals surface area contributed by atoms with Crippen molar-refractivity contribution in [1.82, 2.24) is 4.90 Å². The lowest BCUT2D eigenvalue weighted by Crippen LogP contribution is -2.37. The molecule has 1 aromatic rings. The average Bonchev–Trinajstić information content (AvgIpc) is 2.97. The third-order valence-electron chi connectivity index (χ3n) is 4.18. The first-order valence-corrected chi connectivity index (χ1v) is 7.74. The highest BCUT2D eigenvalue weighted by atomic mass is 35.5. The standard InChI is InChI=1S/C15H23ClN4O/c1-3-19(4-2)12-7-8-20(10-12)14-9-11(16)5-6-13(14)15(17)18-21/h5-6,9,12,21H,3-4,7-8,10H2,1-2H3,(H2,17,18). The van der Waals surface area contributed by atoms with Crippen molar-refractivity contribution in [3.63, 3.8) is 0 Å². The molecule has 0 saturated carbocycles. The summed E-state index contributed by atoms with van der Waals surface area (Å²) in [5.74, 6) is 0.118. The number of benzene rings is 1. The molecule has 1 aliphatic rings. The van der Waals surface area contributed by atoms with Gasteiger partial charge in [-0.2, -0.15) is 0 Å². The van der Waals surface area contributed by atoms with Gasteiger partial charge in [0.15, 0.2) is 5.84 Å². The van der Waals surface area contributed by atoms with E-state index in [-0.39, 0.29) is 5.84 Å². The maximum absolute atomic E-state index is 8.94. The molecule has 1 aromatic carbocycles. The molecule has 0 radical (unpaired) electrons. The average molecular weight is 311 g/mol. The fourth-order valence-corrected chi connectivity index (χ4v) is 3.20. The van der Waals surface area contributed by atoms with E-state index < -0.39 is 0 Å². The van der Waals surface area contributed by atoms with Crippen LogP contribution in [0.5, 0.6) is 0 Å². The zero-order valence-corrected chi connectivity index (χ0v) is 13.3. The van der Waals surface area contributed by atoms with E-state index in [9.17, 15) is 0 Å². The van der Waals surface area contributed by atoms with Gasteiger partial charge >= 0.3 is 0 Å². The minimum atomic E-state index is 0.118. The van der Waals surface area contributed by atoms with E-state index in [2.05, 4.69) is 28.8 Å². The SMILES string of the molecule is CCN(CC)C1CCN(c2cc(Cl)ccc2C(N)=NO)C1. The Morgan fingerprint density at radius 1 is 1.48 bits per heavy atom. The Bertz CT molecular complexity index is 516. The monoisotopic (exact) mass is 310 g/mol. The van der Waals surface area contributed by atoms with E-state index in [0.29, 0.717) is 11.1 Å². The first kappa shape index (κ1) is 15.9. The molecule has 1 atom stereocenters.